The maximum atomic E-state index is 7.95. The first kappa shape index (κ1) is 17.6. The molecule has 2 aromatic heterocycles. The normalized spacial score (nSPS) is 10.0. The van der Waals surface area contributed by atoms with Gasteiger partial charge in [-0.05, 0) is 24.3 Å². The van der Waals surface area contributed by atoms with Gasteiger partial charge >= 0.3 is 33.3 Å². The van der Waals surface area contributed by atoms with Crippen molar-refractivity contribution >= 4 is 32.6 Å². The summed E-state index contributed by atoms with van der Waals surface area (Å²) in [5.74, 6) is 1.10. The van der Waals surface area contributed by atoms with E-state index in [-0.39, 0.29) is 0 Å². The molecule has 0 bridgehead atoms. The zero-order valence-corrected chi connectivity index (χ0v) is 11.7. The third kappa shape index (κ3) is 10.2. The fourth-order valence-corrected chi connectivity index (χ4v) is 0.843. The van der Waals surface area contributed by atoms with E-state index in [1.165, 1.54) is 25.0 Å². The second-order valence-electron chi connectivity index (χ2n) is 2.56. The molecule has 19 heavy (non-hydrogen) atoms. The monoisotopic (exact) mass is 355 g/mol. The van der Waals surface area contributed by atoms with E-state index < -0.39 is 0 Å². The van der Waals surface area contributed by atoms with E-state index >= 15 is 0 Å². The molecule has 0 atom stereocenters. The van der Waals surface area contributed by atoms with Gasteiger partial charge in [0.2, 0.25) is 0 Å². The van der Waals surface area contributed by atoms with Crippen LogP contribution in [0.25, 0.3) is 0 Å². The average Bonchev–Trinajstić information content (AvgIpc) is 3.05. The minimum absolute atomic E-state index is 0.549. The molecule has 0 aromatic carbocycles. The van der Waals surface area contributed by atoms with E-state index in [9.17, 15) is 0 Å². The molecule has 2 heterocycles. The Morgan fingerprint density at radius 2 is 1.32 bits per heavy atom. The van der Waals surface area contributed by atoms with Crippen molar-refractivity contribution < 1.29 is 32.4 Å². The minimum atomic E-state index is 0.549. The van der Waals surface area contributed by atoms with Crippen LogP contribution in [-0.2, 0) is 13.1 Å². The predicted molar refractivity (Wildman–Crippen MR) is 67.9 cm³/mol. The van der Waals surface area contributed by atoms with E-state index in [1.807, 2.05) is 0 Å². The van der Waals surface area contributed by atoms with Gasteiger partial charge in [-0.25, -0.2) is 0 Å². The maximum absolute atomic E-state index is 7.95. The van der Waals surface area contributed by atoms with Crippen LogP contribution >= 0.6 is 20.2 Å². The number of nitrogens with zero attached hydrogens (tertiary/aromatic N) is 2. The van der Waals surface area contributed by atoms with Crippen molar-refractivity contribution in [2.75, 3.05) is 0 Å². The van der Waals surface area contributed by atoms with Crippen LogP contribution < -0.4 is 0 Å². The summed E-state index contributed by atoms with van der Waals surface area (Å²) in [7, 11) is 9.34. The molecule has 6 nitrogen and oxygen atoms in total. The van der Waals surface area contributed by atoms with Crippen LogP contribution in [0.15, 0.2) is 55.9 Å². The summed E-state index contributed by atoms with van der Waals surface area (Å²) >= 11 is 0.757. The molecule has 0 aliphatic carbocycles. The molecule has 2 rings (SSSR count). The summed E-state index contributed by atoms with van der Waals surface area (Å²) in [5.41, 5.74) is 0. The van der Waals surface area contributed by atoms with Crippen LogP contribution in [-0.4, -0.2) is 22.8 Å². The SMILES string of the molecule is O/N=C\c1ccco1.O/N=C\c1ccco1.[Cl][Cu][Cl]. The first-order chi connectivity index (χ1) is 9.28. The molecule has 0 unspecified atom stereocenters. The summed E-state index contributed by atoms with van der Waals surface area (Å²) in [6.45, 7) is 0. The average molecular weight is 357 g/mol. The predicted octanol–water partition coefficient (Wildman–Crippen LogP) is 3.55. The van der Waals surface area contributed by atoms with E-state index in [0.717, 1.165) is 13.1 Å². The fraction of sp³-hybridized carbons (Fsp3) is 0. The summed E-state index contributed by atoms with van der Waals surface area (Å²) in [4.78, 5) is 0. The standard InChI is InChI=1S/2C5H5NO2.2ClH.Cu/c2*7-6-4-5-2-1-3-8-5;;;/h2*1-4,7H;2*1H;/q;;;;+2/p-2/b2*6-4-;;;. The Balaban J connectivity index is 0.000000284. The van der Waals surface area contributed by atoms with E-state index in [2.05, 4.69) is 30.5 Å². The van der Waals surface area contributed by atoms with Crippen molar-refractivity contribution in [3.63, 3.8) is 0 Å². The van der Waals surface area contributed by atoms with Crippen molar-refractivity contribution in [2.24, 2.45) is 10.3 Å². The van der Waals surface area contributed by atoms with Crippen LogP contribution in [0.4, 0.5) is 0 Å². The van der Waals surface area contributed by atoms with E-state index in [4.69, 9.17) is 19.2 Å². The molecule has 0 fully saturated rings. The molecule has 0 radical (unpaired) electrons. The van der Waals surface area contributed by atoms with Gasteiger partial charge in [-0.2, -0.15) is 0 Å². The Kier molecular flexibility index (Phi) is 12.1. The molecular formula is C10H10Cl2CuN2O4. The third-order valence-electron chi connectivity index (χ3n) is 1.46. The molecule has 0 aliphatic heterocycles. The number of oxime groups is 2. The molecule has 0 aliphatic rings. The van der Waals surface area contributed by atoms with Gasteiger partial charge in [0.15, 0.2) is 0 Å². The zero-order valence-electron chi connectivity index (χ0n) is 9.28. The Bertz CT molecular complexity index is 404. The fourth-order valence-electron chi connectivity index (χ4n) is 0.843. The first-order valence-electron chi connectivity index (χ1n) is 4.51. The van der Waals surface area contributed by atoms with Crippen LogP contribution in [0, 0.1) is 0 Å². The van der Waals surface area contributed by atoms with Gasteiger partial charge in [-0.3, -0.25) is 0 Å². The summed E-state index contributed by atoms with van der Waals surface area (Å²) in [6.07, 6.45) is 5.47. The van der Waals surface area contributed by atoms with Gasteiger partial charge in [-0.15, -0.1) is 0 Å². The Morgan fingerprint density at radius 3 is 1.53 bits per heavy atom. The number of hydrogen-bond acceptors (Lipinski definition) is 6. The van der Waals surface area contributed by atoms with Gasteiger partial charge in [0.1, 0.15) is 23.9 Å². The summed E-state index contributed by atoms with van der Waals surface area (Å²) in [6, 6.07) is 6.83. The molecule has 0 spiro atoms. The Hall–Kier alpha value is -1.40. The van der Waals surface area contributed by atoms with Crippen LogP contribution in [0.1, 0.15) is 11.5 Å². The number of halogens is 2. The van der Waals surface area contributed by atoms with Crippen molar-refractivity contribution in [1.29, 1.82) is 0 Å². The van der Waals surface area contributed by atoms with Crippen molar-refractivity contribution in [3.05, 3.63) is 48.3 Å². The summed E-state index contributed by atoms with van der Waals surface area (Å²) < 4.78 is 9.53. The van der Waals surface area contributed by atoms with Crippen molar-refractivity contribution in [2.45, 2.75) is 0 Å². The molecular weight excluding hydrogens is 347 g/mol. The van der Waals surface area contributed by atoms with E-state index in [1.54, 1.807) is 24.3 Å². The number of hydrogen-bond donors (Lipinski definition) is 2. The Labute approximate surface area is 123 Å². The molecule has 109 valence electrons. The number of rotatable bonds is 2. The molecule has 0 saturated carbocycles. The number of furan rings is 2. The van der Waals surface area contributed by atoms with Gasteiger partial charge in [0, 0.05) is 0 Å². The van der Waals surface area contributed by atoms with Gasteiger partial charge in [0.25, 0.3) is 0 Å². The van der Waals surface area contributed by atoms with Gasteiger partial charge in [-0.1, -0.05) is 10.3 Å². The second-order valence-corrected chi connectivity index (χ2v) is 4.12. The topological polar surface area (TPSA) is 91.5 Å². The third-order valence-corrected chi connectivity index (χ3v) is 1.46. The Morgan fingerprint density at radius 1 is 0.947 bits per heavy atom. The first-order valence-corrected chi connectivity index (χ1v) is 7.10. The van der Waals surface area contributed by atoms with Crippen molar-refractivity contribution in [3.8, 4) is 0 Å². The van der Waals surface area contributed by atoms with Crippen LogP contribution in [0.3, 0.4) is 0 Å². The molecule has 2 aromatic rings. The van der Waals surface area contributed by atoms with Crippen LogP contribution in [0.2, 0.25) is 0 Å². The van der Waals surface area contributed by atoms with Gasteiger partial charge < -0.3 is 19.2 Å². The van der Waals surface area contributed by atoms with E-state index in [0.29, 0.717) is 11.5 Å². The summed E-state index contributed by atoms with van der Waals surface area (Å²) in [5, 5.41) is 21.4. The zero-order chi connectivity index (χ0) is 14.3. The van der Waals surface area contributed by atoms with Crippen molar-refractivity contribution in [1.82, 2.24) is 0 Å². The molecule has 9 heteroatoms. The molecule has 0 saturated heterocycles. The quantitative estimate of drug-likeness (QED) is 0.372. The second kappa shape index (κ2) is 13.0. The van der Waals surface area contributed by atoms with Gasteiger partial charge in [0.05, 0.1) is 12.5 Å². The molecule has 0 amide bonds. The van der Waals surface area contributed by atoms with Crippen LogP contribution in [0.5, 0.6) is 0 Å². The molecule has 2 N–H and O–H groups in total.